The van der Waals surface area contributed by atoms with Gasteiger partial charge in [0.1, 0.15) is 0 Å². The number of hydrogen-bond acceptors (Lipinski definition) is 2. The van der Waals surface area contributed by atoms with E-state index >= 15 is 0 Å². The van der Waals surface area contributed by atoms with Crippen LogP contribution in [0.2, 0.25) is 0 Å². The molecule has 0 saturated heterocycles. The molecular formula is C15H15BrN2O. The Morgan fingerprint density at radius 3 is 2.68 bits per heavy atom. The Morgan fingerprint density at radius 1 is 1.16 bits per heavy atom. The molecule has 0 fully saturated rings. The highest BCUT2D eigenvalue weighted by Crippen LogP contribution is 2.16. The van der Waals surface area contributed by atoms with E-state index < -0.39 is 0 Å². The van der Waals surface area contributed by atoms with Gasteiger partial charge in [0.05, 0.1) is 6.54 Å². The van der Waals surface area contributed by atoms with E-state index in [1.807, 2.05) is 55.5 Å². The third-order valence-corrected chi connectivity index (χ3v) is 3.19. The molecule has 0 atom stereocenters. The Kier molecular flexibility index (Phi) is 4.58. The van der Waals surface area contributed by atoms with Crippen LogP contribution in [0.3, 0.4) is 0 Å². The molecule has 0 spiro atoms. The van der Waals surface area contributed by atoms with Crippen molar-refractivity contribution in [3.05, 3.63) is 58.6 Å². The smallest absolute Gasteiger partial charge is 0.243 e. The van der Waals surface area contributed by atoms with Crippen LogP contribution in [0, 0.1) is 6.92 Å². The summed E-state index contributed by atoms with van der Waals surface area (Å²) in [4.78, 5) is 11.8. The molecule has 0 aliphatic carbocycles. The van der Waals surface area contributed by atoms with Crippen molar-refractivity contribution in [1.29, 1.82) is 0 Å². The molecule has 0 saturated carbocycles. The van der Waals surface area contributed by atoms with Gasteiger partial charge in [-0.25, -0.2) is 0 Å². The molecule has 3 nitrogen and oxygen atoms in total. The van der Waals surface area contributed by atoms with E-state index in [1.165, 1.54) is 0 Å². The molecule has 0 aromatic heterocycles. The third kappa shape index (κ3) is 4.10. The van der Waals surface area contributed by atoms with E-state index in [0.717, 1.165) is 21.4 Å². The van der Waals surface area contributed by atoms with Crippen molar-refractivity contribution in [1.82, 2.24) is 0 Å². The summed E-state index contributed by atoms with van der Waals surface area (Å²) in [7, 11) is 0. The van der Waals surface area contributed by atoms with Gasteiger partial charge in [-0.05, 0) is 36.8 Å². The number of aryl methyl sites for hydroxylation is 1. The molecule has 1 amide bonds. The minimum atomic E-state index is -0.0682. The normalized spacial score (nSPS) is 10.0. The second kappa shape index (κ2) is 6.38. The van der Waals surface area contributed by atoms with Gasteiger partial charge >= 0.3 is 0 Å². The monoisotopic (exact) mass is 318 g/mol. The van der Waals surface area contributed by atoms with Gasteiger partial charge in [0.2, 0.25) is 5.91 Å². The minimum absolute atomic E-state index is 0.0682. The Labute approximate surface area is 121 Å². The van der Waals surface area contributed by atoms with E-state index in [1.54, 1.807) is 0 Å². The standard InChI is InChI=1S/C15H15BrN2O/c1-11-5-2-3-8-14(11)17-10-15(19)18-13-7-4-6-12(16)9-13/h2-9,17H,10H2,1H3,(H,18,19). The Bertz CT molecular complexity index is 584. The third-order valence-electron chi connectivity index (χ3n) is 2.69. The Morgan fingerprint density at radius 2 is 1.95 bits per heavy atom. The molecule has 2 aromatic carbocycles. The fraction of sp³-hybridized carbons (Fsp3) is 0.133. The van der Waals surface area contributed by atoms with Crippen molar-refractivity contribution in [2.75, 3.05) is 17.2 Å². The number of carbonyl (C=O) groups excluding carboxylic acids is 1. The second-order valence-corrected chi connectivity index (χ2v) is 5.14. The first-order valence-electron chi connectivity index (χ1n) is 6.00. The van der Waals surface area contributed by atoms with Crippen LogP contribution in [-0.2, 0) is 4.79 Å². The number of benzene rings is 2. The number of carbonyl (C=O) groups is 1. The van der Waals surface area contributed by atoms with Gasteiger partial charge < -0.3 is 10.6 Å². The fourth-order valence-electron chi connectivity index (χ4n) is 1.72. The maximum absolute atomic E-state index is 11.8. The molecule has 0 bridgehead atoms. The van der Waals surface area contributed by atoms with Crippen molar-refractivity contribution in [3.63, 3.8) is 0 Å². The van der Waals surface area contributed by atoms with Crippen molar-refractivity contribution in [2.24, 2.45) is 0 Å². The SMILES string of the molecule is Cc1ccccc1NCC(=O)Nc1cccc(Br)c1. The molecule has 0 unspecified atom stereocenters. The van der Waals surface area contributed by atoms with Gasteiger partial charge in [0, 0.05) is 15.8 Å². The van der Waals surface area contributed by atoms with Crippen LogP contribution < -0.4 is 10.6 Å². The van der Waals surface area contributed by atoms with Gasteiger partial charge in [-0.2, -0.15) is 0 Å². The number of nitrogens with one attached hydrogen (secondary N) is 2. The first-order chi connectivity index (χ1) is 9.15. The van der Waals surface area contributed by atoms with Crippen LogP contribution in [0.4, 0.5) is 11.4 Å². The zero-order chi connectivity index (χ0) is 13.7. The van der Waals surface area contributed by atoms with Crippen LogP contribution in [0.5, 0.6) is 0 Å². The summed E-state index contributed by atoms with van der Waals surface area (Å²) in [5.41, 5.74) is 2.88. The highest BCUT2D eigenvalue weighted by molar-refractivity contribution is 9.10. The lowest BCUT2D eigenvalue weighted by atomic mass is 10.2. The van der Waals surface area contributed by atoms with Crippen LogP contribution >= 0.6 is 15.9 Å². The summed E-state index contributed by atoms with van der Waals surface area (Å²) in [5.74, 6) is -0.0682. The van der Waals surface area contributed by atoms with Gasteiger partial charge in [-0.3, -0.25) is 4.79 Å². The molecule has 19 heavy (non-hydrogen) atoms. The molecule has 0 heterocycles. The summed E-state index contributed by atoms with van der Waals surface area (Å²) in [6.07, 6.45) is 0. The number of rotatable bonds is 4. The van der Waals surface area contributed by atoms with Crippen LogP contribution in [0.15, 0.2) is 53.0 Å². The van der Waals surface area contributed by atoms with Gasteiger partial charge in [0.25, 0.3) is 0 Å². The van der Waals surface area contributed by atoms with Crippen molar-refractivity contribution in [2.45, 2.75) is 6.92 Å². The minimum Gasteiger partial charge on any atom is -0.376 e. The molecule has 0 aliphatic rings. The van der Waals surface area contributed by atoms with Crippen molar-refractivity contribution < 1.29 is 4.79 Å². The summed E-state index contributed by atoms with van der Waals surface area (Å²) < 4.78 is 0.942. The van der Waals surface area contributed by atoms with Crippen LogP contribution in [-0.4, -0.2) is 12.5 Å². The first kappa shape index (κ1) is 13.6. The average molecular weight is 319 g/mol. The van der Waals surface area contributed by atoms with Gasteiger partial charge in [-0.1, -0.05) is 40.2 Å². The van der Waals surface area contributed by atoms with Crippen molar-refractivity contribution >= 4 is 33.2 Å². The lowest BCUT2D eigenvalue weighted by molar-refractivity contribution is -0.114. The first-order valence-corrected chi connectivity index (χ1v) is 6.79. The lowest BCUT2D eigenvalue weighted by Gasteiger charge is -2.10. The number of halogens is 1. The summed E-state index contributed by atoms with van der Waals surface area (Å²) in [6, 6.07) is 15.4. The van der Waals surface area contributed by atoms with Crippen LogP contribution in [0.1, 0.15) is 5.56 Å². The van der Waals surface area contributed by atoms with E-state index in [-0.39, 0.29) is 12.5 Å². The molecule has 2 aromatic rings. The topological polar surface area (TPSA) is 41.1 Å². The molecule has 2 N–H and O–H groups in total. The highest BCUT2D eigenvalue weighted by atomic mass is 79.9. The number of amides is 1. The summed E-state index contributed by atoms with van der Waals surface area (Å²) in [6.45, 7) is 2.26. The summed E-state index contributed by atoms with van der Waals surface area (Å²) >= 11 is 3.37. The van der Waals surface area contributed by atoms with E-state index in [0.29, 0.717) is 0 Å². The molecule has 0 aliphatic heterocycles. The second-order valence-electron chi connectivity index (χ2n) is 4.23. The number of anilines is 2. The lowest BCUT2D eigenvalue weighted by Crippen LogP contribution is -2.22. The molecule has 0 radical (unpaired) electrons. The zero-order valence-electron chi connectivity index (χ0n) is 10.6. The fourth-order valence-corrected chi connectivity index (χ4v) is 2.12. The van der Waals surface area contributed by atoms with E-state index in [9.17, 15) is 4.79 Å². The molecule has 2 rings (SSSR count). The maximum atomic E-state index is 11.8. The zero-order valence-corrected chi connectivity index (χ0v) is 12.2. The summed E-state index contributed by atoms with van der Waals surface area (Å²) in [5, 5.41) is 5.96. The number of hydrogen-bond donors (Lipinski definition) is 2. The van der Waals surface area contributed by atoms with Crippen molar-refractivity contribution in [3.8, 4) is 0 Å². The average Bonchev–Trinajstić information content (AvgIpc) is 2.38. The number of para-hydroxylation sites is 1. The molecule has 4 heteroatoms. The quantitative estimate of drug-likeness (QED) is 0.900. The predicted molar refractivity (Wildman–Crippen MR) is 82.4 cm³/mol. The molecular weight excluding hydrogens is 304 g/mol. The van der Waals surface area contributed by atoms with E-state index in [4.69, 9.17) is 0 Å². The Balaban J connectivity index is 1.90. The maximum Gasteiger partial charge on any atom is 0.243 e. The Hall–Kier alpha value is -1.81. The predicted octanol–water partition coefficient (Wildman–Crippen LogP) is 3.81. The molecule has 98 valence electrons. The van der Waals surface area contributed by atoms with Gasteiger partial charge in [-0.15, -0.1) is 0 Å². The largest absolute Gasteiger partial charge is 0.376 e. The van der Waals surface area contributed by atoms with Gasteiger partial charge in [0.15, 0.2) is 0 Å². The van der Waals surface area contributed by atoms with Crippen LogP contribution in [0.25, 0.3) is 0 Å². The van der Waals surface area contributed by atoms with E-state index in [2.05, 4.69) is 26.6 Å². The highest BCUT2D eigenvalue weighted by Gasteiger charge is 2.03.